The molecule has 71 valence electrons. The molecule has 4 heteroatoms. The van der Waals surface area contributed by atoms with Crippen molar-refractivity contribution in [2.45, 2.75) is 12.6 Å². The van der Waals surface area contributed by atoms with Gasteiger partial charge in [0.1, 0.15) is 0 Å². The number of benzene rings is 1. The molecule has 0 fully saturated rings. The predicted octanol–water partition coefficient (Wildman–Crippen LogP) is 3.45. The van der Waals surface area contributed by atoms with E-state index in [0.717, 1.165) is 6.07 Å². The second-order valence-corrected chi connectivity index (χ2v) is 3.02. The van der Waals surface area contributed by atoms with E-state index in [1.807, 2.05) is 0 Å². The Kier molecular flexibility index (Phi) is 3.25. The Morgan fingerprint density at radius 2 is 1.77 bits per heavy atom. The normalized spacial score (nSPS) is 11.7. The topological polar surface area (TPSA) is 0 Å². The van der Waals surface area contributed by atoms with Crippen LogP contribution in [-0.2, 0) is 12.6 Å². The Balaban J connectivity index is 3.05. The van der Waals surface area contributed by atoms with Crippen LogP contribution in [0.1, 0.15) is 11.1 Å². The second kappa shape index (κ2) is 4.05. The van der Waals surface area contributed by atoms with Crippen molar-refractivity contribution in [3.63, 3.8) is 0 Å². The summed E-state index contributed by atoms with van der Waals surface area (Å²) in [5.74, 6) is 0.313. The van der Waals surface area contributed by atoms with Crippen LogP contribution in [0.4, 0.5) is 13.2 Å². The van der Waals surface area contributed by atoms with Crippen LogP contribution in [0.3, 0.4) is 0 Å². The van der Waals surface area contributed by atoms with Crippen LogP contribution in [0, 0.1) is 0 Å². The number of hydrogen-bond donors (Lipinski definition) is 0. The molecule has 13 heavy (non-hydrogen) atoms. The van der Waals surface area contributed by atoms with Gasteiger partial charge in [0.15, 0.2) is 0 Å². The van der Waals surface area contributed by atoms with E-state index in [-0.39, 0.29) is 5.56 Å². The summed E-state index contributed by atoms with van der Waals surface area (Å²) in [7, 11) is 0. The molecule has 0 heterocycles. The van der Waals surface area contributed by atoms with Crippen LogP contribution in [0.25, 0.3) is 0 Å². The minimum Gasteiger partial charge on any atom is -0.166 e. The number of halogens is 3. The van der Waals surface area contributed by atoms with Gasteiger partial charge >= 0.3 is 6.18 Å². The highest BCUT2D eigenvalue weighted by Crippen LogP contribution is 2.31. The highest BCUT2D eigenvalue weighted by Gasteiger charge is 2.32. The Bertz CT molecular complexity index is 280. The van der Waals surface area contributed by atoms with Crippen LogP contribution in [0.15, 0.2) is 24.3 Å². The lowest BCUT2D eigenvalue weighted by Crippen LogP contribution is -2.09. The van der Waals surface area contributed by atoms with Gasteiger partial charge in [-0.05, 0) is 18.1 Å². The first-order valence-corrected chi connectivity index (χ1v) is 4.36. The maximum absolute atomic E-state index is 12.3. The molecule has 0 aliphatic rings. The van der Waals surface area contributed by atoms with Gasteiger partial charge < -0.3 is 0 Å². The minimum atomic E-state index is -4.26. The van der Waals surface area contributed by atoms with Gasteiger partial charge in [-0.25, -0.2) is 0 Å². The van der Waals surface area contributed by atoms with Gasteiger partial charge in [-0.3, -0.25) is 0 Å². The van der Waals surface area contributed by atoms with E-state index in [2.05, 4.69) is 12.6 Å². The summed E-state index contributed by atoms with van der Waals surface area (Å²) >= 11 is 4.65. The fourth-order valence-corrected chi connectivity index (χ4v) is 1.34. The number of aryl methyl sites for hydroxylation is 1. The molecular weight excluding hydrogens is 197 g/mol. The third kappa shape index (κ3) is 2.66. The van der Waals surface area contributed by atoms with Gasteiger partial charge in [-0.2, -0.15) is 13.2 Å². The van der Waals surface area contributed by atoms with Gasteiger partial charge in [-0.1, -0.05) is 30.8 Å². The largest absolute Gasteiger partial charge is 0.416 e. The first-order chi connectivity index (χ1) is 6.05. The molecule has 1 radical (unpaired) electrons. The van der Waals surface area contributed by atoms with Gasteiger partial charge in [0.05, 0.1) is 5.56 Å². The van der Waals surface area contributed by atoms with Crippen molar-refractivity contribution in [1.29, 1.82) is 0 Å². The lowest BCUT2D eigenvalue weighted by molar-refractivity contribution is -0.138. The highest BCUT2D eigenvalue weighted by atomic mass is 32.1. The van der Waals surface area contributed by atoms with E-state index in [9.17, 15) is 13.2 Å². The summed E-state index contributed by atoms with van der Waals surface area (Å²) < 4.78 is 37.0. The molecule has 0 atom stereocenters. The zero-order valence-electron chi connectivity index (χ0n) is 6.77. The average Bonchev–Trinajstić information content (AvgIpc) is 2.04. The highest BCUT2D eigenvalue weighted by molar-refractivity contribution is 7.80. The maximum Gasteiger partial charge on any atom is 0.416 e. The third-order valence-corrected chi connectivity index (χ3v) is 1.90. The maximum atomic E-state index is 12.3. The molecule has 0 bridgehead atoms. The fraction of sp³-hybridized carbons (Fsp3) is 0.333. The van der Waals surface area contributed by atoms with E-state index in [4.69, 9.17) is 0 Å². The molecule has 0 N–H and O–H groups in total. The van der Waals surface area contributed by atoms with Crippen molar-refractivity contribution in [3.05, 3.63) is 35.4 Å². The first kappa shape index (κ1) is 10.4. The molecule has 0 unspecified atom stereocenters. The number of rotatable bonds is 2. The van der Waals surface area contributed by atoms with Crippen LogP contribution < -0.4 is 0 Å². The Morgan fingerprint density at radius 3 is 2.31 bits per heavy atom. The SMILES string of the molecule is FC(F)(F)c1ccccc1CC[S]. The molecule has 0 saturated carbocycles. The van der Waals surface area contributed by atoms with Crippen LogP contribution in [0.5, 0.6) is 0 Å². The Hall–Kier alpha value is -0.640. The molecule has 0 aliphatic carbocycles. The van der Waals surface area contributed by atoms with Crippen LogP contribution in [-0.4, -0.2) is 5.75 Å². The molecule has 1 aromatic rings. The van der Waals surface area contributed by atoms with Crippen molar-refractivity contribution >= 4 is 12.6 Å². The van der Waals surface area contributed by atoms with Crippen molar-refractivity contribution < 1.29 is 13.2 Å². The molecule has 0 spiro atoms. The minimum absolute atomic E-state index is 0.282. The standard InChI is InChI=1S/C9H8F3S/c10-9(11,12)8-4-2-1-3-7(8)5-6-13/h1-4H,5-6H2. The van der Waals surface area contributed by atoms with Crippen LogP contribution >= 0.6 is 12.6 Å². The van der Waals surface area contributed by atoms with Crippen LogP contribution in [0.2, 0.25) is 0 Å². The summed E-state index contributed by atoms with van der Waals surface area (Å²) in [6.07, 6.45) is -3.97. The smallest absolute Gasteiger partial charge is 0.166 e. The zero-order chi connectivity index (χ0) is 9.90. The van der Waals surface area contributed by atoms with Gasteiger partial charge in [0.2, 0.25) is 0 Å². The van der Waals surface area contributed by atoms with Crippen molar-refractivity contribution in [3.8, 4) is 0 Å². The molecule has 0 saturated heterocycles. The molecule has 0 nitrogen and oxygen atoms in total. The van der Waals surface area contributed by atoms with Crippen molar-refractivity contribution in [2.75, 3.05) is 5.75 Å². The Morgan fingerprint density at radius 1 is 1.15 bits per heavy atom. The molecule has 1 aromatic carbocycles. The molecule has 1 rings (SSSR count). The summed E-state index contributed by atoms with van der Waals surface area (Å²) in [4.78, 5) is 0. The quantitative estimate of drug-likeness (QED) is 0.693. The molecular formula is C9H8F3S. The van der Waals surface area contributed by atoms with E-state index in [0.29, 0.717) is 12.2 Å². The van der Waals surface area contributed by atoms with E-state index in [1.54, 1.807) is 6.07 Å². The van der Waals surface area contributed by atoms with Crippen molar-refractivity contribution in [2.24, 2.45) is 0 Å². The Labute approximate surface area is 80.2 Å². The fourth-order valence-electron chi connectivity index (χ4n) is 1.12. The lowest BCUT2D eigenvalue weighted by Gasteiger charge is -2.11. The summed E-state index contributed by atoms with van der Waals surface area (Å²) in [5, 5.41) is 0. The lowest BCUT2D eigenvalue weighted by atomic mass is 10.1. The molecule has 0 aromatic heterocycles. The zero-order valence-corrected chi connectivity index (χ0v) is 7.58. The number of hydrogen-bond acceptors (Lipinski definition) is 0. The van der Waals surface area contributed by atoms with Gasteiger partial charge in [-0.15, -0.1) is 0 Å². The van der Waals surface area contributed by atoms with Gasteiger partial charge in [0.25, 0.3) is 0 Å². The van der Waals surface area contributed by atoms with E-state index < -0.39 is 11.7 Å². The number of alkyl halides is 3. The second-order valence-electron chi connectivity index (χ2n) is 2.61. The molecule has 0 amide bonds. The van der Waals surface area contributed by atoms with Gasteiger partial charge in [0, 0.05) is 5.75 Å². The monoisotopic (exact) mass is 205 g/mol. The molecule has 0 aliphatic heterocycles. The van der Waals surface area contributed by atoms with E-state index in [1.165, 1.54) is 12.1 Å². The van der Waals surface area contributed by atoms with E-state index >= 15 is 0 Å². The summed E-state index contributed by atoms with van der Waals surface area (Å²) in [6, 6.07) is 5.53. The average molecular weight is 205 g/mol. The van der Waals surface area contributed by atoms with Crippen molar-refractivity contribution in [1.82, 2.24) is 0 Å². The third-order valence-electron chi connectivity index (χ3n) is 1.69. The summed E-state index contributed by atoms with van der Waals surface area (Å²) in [6.45, 7) is 0. The summed E-state index contributed by atoms with van der Waals surface area (Å²) in [5.41, 5.74) is -0.287. The first-order valence-electron chi connectivity index (χ1n) is 3.79. The predicted molar refractivity (Wildman–Crippen MR) is 47.6 cm³/mol.